The summed E-state index contributed by atoms with van der Waals surface area (Å²) in [6.07, 6.45) is 0.784. The second kappa shape index (κ2) is 6.68. The summed E-state index contributed by atoms with van der Waals surface area (Å²) in [5.41, 5.74) is 0.829. The largest absolute Gasteiger partial charge is 0.481 e. The molecular formula is C17H17FN2O3S. The van der Waals surface area contributed by atoms with E-state index in [4.69, 9.17) is 5.11 Å². The smallest absolute Gasteiger partial charge is 0.308 e. The molecule has 24 heavy (non-hydrogen) atoms. The van der Waals surface area contributed by atoms with Crippen LogP contribution in [0.15, 0.2) is 29.6 Å². The summed E-state index contributed by atoms with van der Waals surface area (Å²) < 4.78 is 13.7. The molecule has 3 rings (SSSR count). The summed E-state index contributed by atoms with van der Waals surface area (Å²) >= 11 is 1.31. The van der Waals surface area contributed by atoms with E-state index in [9.17, 15) is 14.0 Å². The average Bonchev–Trinajstić information content (AvgIpc) is 3.16. The van der Waals surface area contributed by atoms with E-state index >= 15 is 0 Å². The van der Waals surface area contributed by atoms with E-state index in [2.05, 4.69) is 4.98 Å². The van der Waals surface area contributed by atoms with Crippen molar-refractivity contribution in [2.24, 2.45) is 5.92 Å². The Morgan fingerprint density at radius 3 is 2.83 bits per heavy atom. The molecule has 2 atom stereocenters. The van der Waals surface area contributed by atoms with Crippen molar-refractivity contribution in [1.82, 2.24) is 9.88 Å². The highest BCUT2D eigenvalue weighted by Gasteiger charge is 2.38. The number of likely N-dealkylation sites (tertiary alicyclic amines) is 1. The summed E-state index contributed by atoms with van der Waals surface area (Å²) in [5, 5.41) is 11.5. The Kier molecular flexibility index (Phi) is 4.62. The third-order valence-corrected chi connectivity index (χ3v) is 5.25. The fraction of sp³-hybridized carbons (Fsp3) is 0.353. The van der Waals surface area contributed by atoms with Gasteiger partial charge < -0.3 is 10.0 Å². The van der Waals surface area contributed by atoms with Crippen LogP contribution in [0.25, 0.3) is 0 Å². The van der Waals surface area contributed by atoms with Crippen LogP contribution >= 0.6 is 11.3 Å². The number of amides is 1. The zero-order valence-electron chi connectivity index (χ0n) is 13.1. The first-order chi connectivity index (χ1) is 11.5. The van der Waals surface area contributed by atoms with E-state index in [0.717, 1.165) is 0 Å². The second-order valence-electron chi connectivity index (χ2n) is 5.87. The Morgan fingerprint density at radius 2 is 2.17 bits per heavy atom. The summed E-state index contributed by atoms with van der Waals surface area (Å²) in [4.78, 5) is 29.6. The lowest BCUT2D eigenvalue weighted by Gasteiger charge is -2.22. The molecule has 1 saturated heterocycles. The third kappa shape index (κ3) is 3.17. The molecule has 0 radical (unpaired) electrons. The first-order valence-corrected chi connectivity index (χ1v) is 8.57. The second-order valence-corrected chi connectivity index (χ2v) is 6.81. The summed E-state index contributed by atoms with van der Waals surface area (Å²) in [7, 11) is 0. The van der Waals surface area contributed by atoms with Crippen LogP contribution in [0.5, 0.6) is 0 Å². The van der Waals surface area contributed by atoms with Gasteiger partial charge in [-0.1, -0.05) is 18.2 Å². The van der Waals surface area contributed by atoms with Crippen LogP contribution in [0.3, 0.4) is 0 Å². The third-order valence-electron chi connectivity index (χ3n) is 4.40. The molecule has 1 amide bonds. The number of carboxylic acid groups (broad SMARTS) is 1. The predicted molar refractivity (Wildman–Crippen MR) is 87.6 cm³/mol. The van der Waals surface area contributed by atoms with Crippen molar-refractivity contribution in [3.8, 4) is 0 Å². The molecule has 2 aromatic rings. The van der Waals surface area contributed by atoms with Gasteiger partial charge in [0.15, 0.2) is 0 Å². The Balaban J connectivity index is 1.73. The lowest BCUT2D eigenvalue weighted by Crippen LogP contribution is -2.37. The van der Waals surface area contributed by atoms with Crippen molar-refractivity contribution in [2.45, 2.75) is 25.8 Å². The Labute approximate surface area is 142 Å². The first kappa shape index (κ1) is 16.6. The first-order valence-electron chi connectivity index (χ1n) is 7.69. The maximum Gasteiger partial charge on any atom is 0.308 e. The zero-order valence-corrected chi connectivity index (χ0v) is 13.9. The lowest BCUT2D eigenvalue weighted by molar-refractivity contribution is -0.142. The average molecular weight is 348 g/mol. The molecule has 1 fully saturated rings. The molecule has 1 aliphatic heterocycles. The summed E-state index contributed by atoms with van der Waals surface area (Å²) in [6.45, 7) is 2.16. The lowest BCUT2D eigenvalue weighted by atomic mass is 10.0. The molecule has 1 aromatic carbocycles. The van der Waals surface area contributed by atoms with Gasteiger partial charge in [0.05, 0.1) is 10.9 Å². The molecule has 0 bridgehead atoms. The number of carbonyl (C=O) groups excluding carboxylic acids is 1. The number of thiazole rings is 1. The van der Waals surface area contributed by atoms with Crippen molar-refractivity contribution in [1.29, 1.82) is 0 Å². The molecule has 2 unspecified atom stereocenters. The minimum Gasteiger partial charge on any atom is -0.481 e. The number of aliphatic carboxylic acids is 1. The molecule has 1 aromatic heterocycles. The number of halogens is 1. The van der Waals surface area contributed by atoms with Crippen molar-refractivity contribution in [3.63, 3.8) is 0 Å². The normalized spacial score (nSPS) is 20.3. The maximum atomic E-state index is 13.7. The fourth-order valence-electron chi connectivity index (χ4n) is 3.00. The van der Waals surface area contributed by atoms with Gasteiger partial charge >= 0.3 is 5.97 Å². The Hall–Kier alpha value is -2.28. The zero-order chi connectivity index (χ0) is 17.3. The van der Waals surface area contributed by atoms with Gasteiger partial charge in [0.2, 0.25) is 0 Å². The van der Waals surface area contributed by atoms with Gasteiger partial charge in [0.1, 0.15) is 11.5 Å². The van der Waals surface area contributed by atoms with Crippen LogP contribution in [0, 0.1) is 11.7 Å². The highest BCUT2D eigenvalue weighted by atomic mass is 32.1. The highest BCUT2D eigenvalue weighted by Crippen LogP contribution is 2.27. The van der Waals surface area contributed by atoms with Crippen LogP contribution in [-0.4, -0.2) is 39.5 Å². The van der Waals surface area contributed by atoms with Crippen LogP contribution in [0.2, 0.25) is 0 Å². The van der Waals surface area contributed by atoms with Gasteiger partial charge in [-0.25, -0.2) is 9.37 Å². The van der Waals surface area contributed by atoms with E-state index in [0.29, 0.717) is 35.7 Å². The molecule has 5 nitrogen and oxygen atoms in total. The van der Waals surface area contributed by atoms with Crippen molar-refractivity contribution >= 4 is 23.2 Å². The highest BCUT2D eigenvalue weighted by molar-refractivity contribution is 7.09. The number of benzene rings is 1. The van der Waals surface area contributed by atoms with Crippen molar-refractivity contribution < 1.29 is 19.1 Å². The Morgan fingerprint density at radius 1 is 1.42 bits per heavy atom. The van der Waals surface area contributed by atoms with Crippen molar-refractivity contribution in [3.05, 3.63) is 51.7 Å². The minimum absolute atomic E-state index is 0.262. The molecule has 0 spiro atoms. The number of aromatic nitrogens is 1. The Bertz CT molecular complexity index is 777. The molecular weight excluding hydrogens is 331 g/mol. The number of nitrogens with zero attached hydrogens (tertiary/aromatic N) is 2. The van der Waals surface area contributed by atoms with Gasteiger partial charge in [0.25, 0.3) is 5.91 Å². The molecule has 1 N–H and O–H groups in total. The van der Waals surface area contributed by atoms with E-state index < -0.39 is 11.9 Å². The topological polar surface area (TPSA) is 70.5 Å². The monoisotopic (exact) mass is 348 g/mol. The minimum atomic E-state index is -0.878. The van der Waals surface area contributed by atoms with E-state index in [1.54, 1.807) is 35.4 Å². The van der Waals surface area contributed by atoms with Gasteiger partial charge in [-0.15, -0.1) is 11.3 Å². The van der Waals surface area contributed by atoms with Crippen LogP contribution in [0.4, 0.5) is 4.39 Å². The number of carboxylic acids is 1. The predicted octanol–water partition coefficient (Wildman–Crippen LogP) is 2.81. The fourth-order valence-corrected chi connectivity index (χ4v) is 3.79. The number of hydrogen-bond acceptors (Lipinski definition) is 4. The molecule has 1 aliphatic rings. The summed E-state index contributed by atoms with van der Waals surface area (Å²) in [5.74, 6) is -1.97. The van der Waals surface area contributed by atoms with Gasteiger partial charge in [0, 0.05) is 24.4 Å². The maximum absolute atomic E-state index is 13.7. The van der Waals surface area contributed by atoms with Gasteiger partial charge in [-0.3, -0.25) is 9.59 Å². The molecule has 126 valence electrons. The standard InChI is InChI=1S/C17H17FN2O3S/c1-10-12(17(22)23)6-7-20(10)16(21)14-9-24-15(19-14)8-11-4-2-3-5-13(11)18/h2-5,9-10,12H,6-8H2,1H3,(H,22,23). The van der Waals surface area contributed by atoms with Crippen LogP contribution in [-0.2, 0) is 11.2 Å². The summed E-state index contributed by atoms with van der Waals surface area (Å²) in [6, 6.07) is 6.12. The van der Waals surface area contributed by atoms with E-state index in [-0.39, 0.29) is 17.8 Å². The number of rotatable bonds is 4. The molecule has 2 heterocycles. The molecule has 0 aliphatic carbocycles. The van der Waals surface area contributed by atoms with Crippen LogP contribution in [0.1, 0.15) is 34.4 Å². The number of hydrogen-bond donors (Lipinski definition) is 1. The SMILES string of the molecule is CC1C(C(=O)O)CCN1C(=O)c1csc(Cc2ccccc2F)n1. The van der Waals surface area contributed by atoms with Gasteiger partial charge in [-0.2, -0.15) is 0 Å². The van der Waals surface area contributed by atoms with E-state index in [1.165, 1.54) is 17.4 Å². The van der Waals surface area contributed by atoms with Crippen molar-refractivity contribution in [2.75, 3.05) is 6.54 Å². The van der Waals surface area contributed by atoms with Gasteiger partial charge in [-0.05, 0) is 25.0 Å². The van der Waals surface area contributed by atoms with E-state index in [1.807, 2.05) is 0 Å². The quantitative estimate of drug-likeness (QED) is 0.922. The number of carbonyl (C=O) groups is 2. The molecule has 7 heteroatoms. The molecule has 0 saturated carbocycles. The van der Waals surface area contributed by atoms with Crippen LogP contribution < -0.4 is 0 Å².